The normalized spacial score (nSPS) is 12.6. The fourth-order valence-corrected chi connectivity index (χ4v) is 1.37. The summed E-state index contributed by atoms with van der Waals surface area (Å²) in [5, 5.41) is 0. The van der Waals surface area contributed by atoms with Gasteiger partial charge in [0.05, 0.1) is 0 Å². The van der Waals surface area contributed by atoms with Gasteiger partial charge in [-0.3, -0.25) is 0 Å². The van der Waals surface area contributed by atoms with Gasteiger partial charge in [-0.2, -0.15) is 0 Å². The fourth-order valence-electron chi connectivity index (χ4n) is 0.780. The second-order valence-corrected chi connectivity index (χ2v) is 4.43. The first-order chi connectivity index (χ1) is 5.72. The van der Waals surface area contributed by atoms with Crippen molar-refractivity contribution in [3.05, 3.63) is 28.7 Å². The lowest BCUT2D eigenvalue weighted by Gasteiger charge is -2.11. The number of ether oxygens (including phenoxy) is 1. The maximum absolute atomic E-state index is 5.58. The molecule has 66 valence electrons. The minimum Gasteiger partial charge on any atom is -0.480 e. The van der Waals surface area contributed by atoms with Gasteiger partial charge in [0.2, 0.25) is 0 Å². The molecule has 0 saturated heterocycles. The molecular formula is C9H11BrOS. The Hall–Kier alpha value is -0.150. The van der Waals surface area contributed by atoms with Gasteiger partial charge in [0.25, 0.3) is 0 Å². The summed E-state index contributed by atoms with van der Waals surface area (Å²) in [6.07, 6.45) is 2.03. The maximum Gasteiger partial charge on any atom is 0.141 e. The molecule has 1 nitrogen and oxygen atoms in total. The molecule has 0 radical (unpaired) electrons. The van der Waals surface area contributed by atoms with Crippen LogP contribution in [0, 0.1) is 0 Å². The molecule has 0 N–H and O–H groups in total. The predicted octanol–water partition coefficient (Wildman–Crippen LogP) is 3.54. The number of hydrogen-bond acceptors (Lipinski definition) is 2. The van der Waals surface area contributed by atoms with Gasteiger partial charge >= 0.3 is 0 Å². The molecule has 1 aromatic rings. The molecule has 0 aliphatic heterocycles. The maximum atomic E-state index is 5.58. The van der Waals surface area contributed by atoms with Crippen molar-refractivity contribution < 1.29 is 4.74 Å². The van der Waals surface area contributed by atoms with Crippen LogP contribution < -0.4 is 4.74 Å². The number of hydrogen-bond donors (Lipinski definition) is 0. The average Bonchev–Trinajstić information content (AvgIpc) is 2.04. The Balaban J connectivity index is 2.63. The minimum atomic E-state index is 0.208. The summed E-state index contributed by atoms with van der Waals surface area (Å²) in [6.45, 7) is 2.03. The molecule has 1 atom stereocenters. The quantitative estimate of drug-likeness (QED) is 0.755. The monoisotopic (exact) mass is 246 g/mol. The molecule has 0 spiro atoms. The molecule has 0 aliphatic rings. The van der Waals surface area contributed by atoms with E-state index >= 15 is 0 Å². The number of halogens is 1. The zero-order chi connectivity index (χ0) is 8.97. The van der Waals surface area contributed by atoms with Crippen molar-refractivity contribution in [2.75, 3.05) is 6.26 Å². The van der Waals surface area contributed by atoms with Crippen molar-refractivity contribution in [1.29, 1.82) is 0 Å². The molecule has 0 aliphatic carbocycles. The third-order valence-electron chi connectivity index (χ3n) is 1.43. The third kappa shape index (κ3) is 3.07. The number of benzene rings is 1. The van der Waals surface area contributed by atoms with Crippen LogP contribution in [0.15, 0.2) is 28.7 Å². The molecule has 1 rings (SSSR count). The van der Waals surface area contributed by atoms with E-state index in [1.165, 1.54) is 0 Å². The SMILES string of the molecule is CSC(C)Oc1cccc(Br)c1. The topological polar surface area (TPSA) is 9.23 Å². The Kier molecular flexibility index (Phi) is 3.95. The molecule has 0 fully saturated rings. The van der Waals surface area contributed by atoms with Crippen molar-refractivity contribution in [2.45, 2.75) is 12.4 Å². The first-order valence-electron chi connectivity index (χ1n) is 3.67. The lowest BCUT2D eigenvalue weighted by atomic mass is 10.3. The van der Waals surface area contributed by atoms with E-state index in [-0.39, 0.29) is 5.44 Å². The highest BCUT2D eigenvalue weighted by Gasteiger charge is 2.00. The average molecular weight is 247 g/mol. The molecule has 3 heteroatoms. The second-order valence-electron chi connectivity index (χ2n) is 2.38. The van der Waals surface area contributed by atoms with E-state index in [9.17, 15) is 0 Å². The third-order valence-corrected chi connectivity index (χ3v) is 2.68. The van der Waals surface area contributed by atoms with Crippen LogP contribution in [0.4, 0.5) is 0 Å². The molecule has 0 saturated carbocycles. The zero-order valence-corrected chi connectivity index (χ0v) is 9.48. The summed E-state index contributed by atoms with van der Waals surface area (Å²) in [5.41, 5.74) is 0.208. The predicted molar refractivity (Wildman–Crippen MR) is 57.7 cm³/mol. The van der Waals surface area contributed by atoms with Crippen molar-refractivity contribution in [3.63, 3.8) is 0 Å². The van der Waals surface area contributed by atoms with Gasteiger partial charge in [-0.05, 0) is 31.4 Å². The van der Waals surface area contributed by atoms with Gasteiger partial charge in [0, 0.05) is 4.47 Å². The van der Waals surface area contributed by atoms with Crippen molar-refractivity contribution >= 4 is 27.7 Å². The highest BCUT2D eigenvalue weighted by Crippen LogP contribution is 2.20. The van der Waals surface area contributed by atoms with E-state index in [1.54, 1.807) is 11.8 Å². The highest BCUT2D eigenvalue weighted by molar-refractivity contribution is 9.10. The molecule has 1 unspecified atom stereocenters. The largest absolute Gasteiger partial charge is 0.480 e. The van der Waals surface area contributed by atoms with Crippen molar-refractivity contribution in [2.24, 2.45) is 0 Å². The Morgan fingerprint density at radius 1 is 1.50 bits per heavy atom. The minimum absolute atomic E-state index is 0.208. The Labute approximate surface area is 85.6 Å². The lowest BCUT2D eigenvalue weighted by molar-refractivity contribution is 0.308. The summed E-state index contributed by atoms with van der Waals surface area (Å²) in [5.74, 6) is 0.909. The van der Waals surface area contributed by atoms with E-state index in [1.807, 2.05) is 37.4 Å². The number of thioether (sulfide) groups is 1. The lowest BCUT2D eigenvalue weighted by Crippen LogP contribution is -2.05. The molecule has 0 aromatic heterocycles. The summed E-state index contributed by atoms with van der Waals surface area (Å²) in [4.78, 5) is 0. The first-order valence-corrected chi connectivity index (χ1v) is 5.75. The molecule has 1 aromatic carbocycles. The summed E-state index contributed by atoms with van der Waals surface area (Å²) in [6, 6.07) is 7.87. The molecular weight excluding hydrogens is 236 g/mol. The van der Waals surface area contributed by atoms with Crippen LogP contribution in [0.1, 0.15) is 6.92 Å². The van der Waals surface area contributed by atoms with Crippen LogP contribution in [0.25, 0.3) is 0 Å². The van der Waals surface area contributed by atoms with Crippen LogP contribution in [-0.2, 0) is 0 Å². The summed E-state index contributed by atoms with van der Waals surface area (Å²) < 4.78 is 6.63. The Morgan fingerprint density at radius 3 is 2.83 bits per heavy atom. The van der Waals surface area contributed by atoms with E-state index < -0.39 is 0 Å². The van der Waals surface area contributed by atoms with Crippen LogP contribution in [0.3, 0.4) is 0 Å². The standard InChI is InChI=1S/C9H11BrOS/c1-7(12-2)11-9-5-3-4-8(10)6-9/h3-7H,1-2H3. The van der Waals surface area contributed by atoms with Crippen molar-refractivity contribution in [3.8, 4) is 5.75 Å². The fraction of sp³-hybridized carbons (Fsp3) is 0.333. The van der Waals surface area contributed by atoms with Crippen molar-refractivity contribution in [1.82, 2.24) is 0 Å². The van der Waals surface area contributed by atoms with Crippen LogP contribution in [-0.4, -0.2) is 11.7 Å². The highest BCUT2D eigenvalue weighted by atomic mass is 79.9. The summed E-state index contributed by atoms with van der Waals surface area (Å²) >= 11 is 5.08. The van der Waals surface area contributed by atoms with E-state index in [4.69, 9.17) is 4.74 Å². The van der Waals surface area contributed by atoms with Crippen LogP contribution >= 0.6 is 27.7 Å². The van der Waals surface area contributed by atoms with E-state index in [0.717, 1.165) is 10.2 Å². The Bertz CT molecular complexity index is 252. The zero-order valence-electron chi connectivity index (χ0n) is 7.08. The van der Waals surface area contributed by atoms with Gasteiger partial charge in [-0.1, -0.05) is 22.0 Å². The van der Waals surface area contributed by atoms with Gasteiger partial charge < -0.3 is 4.74 Å². The molecule has 0 bridgehead atoms. The molecule has 0 amide bonds. The van der Waals surface area contributed by atoms with Crippen LogP contribution in [0.5, 0.6) is 5.75 Å². The number of rotatable bonds is 3. The van der Waals surface area contributed by atoms with Gasteiger partial charge in [-0.15, -0.1) is 11.8 Å². The van der Waals surface area contributed by atoms with Gasteiger partial charge in [0.15, 0.2) is 0 Å². The second kappa shape index (κ2) is 4.77. The molecule has 12 heavy (non-hydrogen) atoms. The molecule has 0 heterocycles. The first kappa shape index (κ1) is 9.93. The van der Waals surface area contributed by atoms with Gasteiger partial charge in [0.1, 0.15) is 11.2 Å². The van der Waals surface area contributed by atoms with Gasteiger partial charge in [-0.25, -0.2) is 0 Å². The van der Waals surface area contributed by atoms with E-state index in [2.05, 4.69) is 15.9 Å². The smallest absolute Gasteiger partial charge is 0.141 e. The van der Waals surface area contributed by atoms with Crippen LogP contribution in [0.2, 0.25) is 0 Å². The summed E-state index contributed by atoms with van der Waals surface area (Å²) in [7, 11) is 0. The Morgan fingerprint density at radius 2 is 2.25 bits per heavy atom. The van der Waals surface area contributed by atoms with E-state index in [0.29, 0.717) is 0 Å².